The van der Waals surface area contributed by atoms with E-state index in [1.165, 1.54) is 0 Å². The van der Waals surface area contributed by atoms with Gasteiger partial charge in [0.15, 0.2) is 0 Å². The zero-order valence-electron chi connectivity index (χ0n) is 7.96. The van der Waals surface area contributed by atoms with E-state index < -0.39 is 0 Å². The molecule has 3 N–H and O–H groups in total. The van der Waals surface area contributed by atoms with Crippen molar-refractivity contribution in [1.82, 2.24) is 9.97 Å². The molecule has 0 radical (unpaired) electrons. The zero-order valence-corrected chi connectivity index (χ0v) is 8.71. The number of fused-ring (bicyclic) bond motifs is 1. The van der Waals surface area contributed by atoms with Gasteiger partial charge in [-0.2, -0.15) is 0 Å². The third kappa shape index (κ3) is 2.00. The van der Waals surface area contributed by atoms with Crippen LogP contribution in [0.4, 0.5) is 0 Å². The molecule has 2 aromatic rings. The number of nitrogens with one attached hydrogen (secondary N) is 1. The maximum Gasteiger partial charge on any atom is 0.258 e. The summed E-state index contributed by atoms with van der Waals surface area (Å²) in [5.41, 5.74) is 5.85. The number of aromatic amines is 1. The second-order valence-electron chi connectivity index (χ2n) is 3.21. The fourth-order valence-electron chi connectivity index (χ4n) is 1.42. The Hall–Kier alpha value is -1.39. The van der Waals surface area contributed by atoms with Crippen molar-refractivity contribution >= 4 is 22.5 Å². The second-order valence-corrected chi connectivity index (χ2v) is 3.65. The SMILES string of the molecule is NCCc1nc2cc(Cl)ccc2c(=O)[nH]1. The minimum Gasteiger partial charge on any atom is -0.330 e. The molecule has 0 spiro atoms. The van der Waals surface area contributed by atoms with Gasteiger partial charge in [-0.15, -0.1) is 0 Å². The number of benzene rings is 1. The topological polar surface area (TPSA) is 71.8 Å². The fraction of sp³-hybridized carbons (Fsp3) is 0.200. The molecule has 1 aromatic carbocycles. The first-order valence-corrected chi connectivity index (χ1v) is 4.97. The van der Waals surface area contributed by atoms with E-state index in [-0.39, 0.29) is 5.56 Å². The summed E-state index contributed by atoms with van der Waals surface area (Å²) in [5.74, 6) is 0.595. The van der Waals surface area contributed by atoms with Gasteiger partial charge in [0.1, 0.15) is 5.82 Å². The van der Waals surface area contributed by atoms with Gasteiger partial charge < -0.3 is 10.7 Å². The number of nitrogens with zero attached hydrogens (tertiary/aromatic N) is 1. The lowest BCUT2D eigenvalue weighted by Crippen LogP contribution is -2.14. The molecule has 0 aliphatic rings. The Labute approximate surface area is 91.1 Å². The molecule has 0 atom stereocenters. The van der Waals surface area contributed by atoms with Gasteiger partial charge in [0, 0.05) is 11.4 Å². The molecule has 0 saturated carbocycles. The molecule has 1 heterocycles. The minimum atomic E-state index is -0.153. The lowest BCUT2D eigenvalue weighted by atomic mass is 10.2. The van der Waals surface area contributed by atoms with Crippen LogP contribution in [0.5, 0.6) is 0 Å². The molecular weight excluding hydrogens is 214 g/mol. The Morgan fingerprint density at radius 1 is 1.47 bits per heavy atom. The molecule has 0 saturated heterocycles. The van der Waals surface area contributed by atoms with Crippen molar-refractivity contribution in [1.29, 1.82) is 0 Å². The molecule has 5 heteroatoms. The monoisotopic (exact) mass is 223 g/mol. The molecule has 0 bridgehead atoms. The van der Waals surface area contributed by atoms with Crippen LogP contribution < -0.4 is 11.3 Å². The maximum atomic E-state index is 11.6. The Balaban J connectivity index is 2.68. The largest absolute Gasteiger partial charge is 0.330 e. The predicted octanol–water partition coefficient (Wildman–Crippen LogP) is 1.08. The van der Waals surface area contributed by atoms with Gasteiger partial charge in [-0.3, -0.25) is 4.79 Å². The van der Waals surface area contributed by atoms with Crippen molar-refractivity contribution in [3.63, 3.8) is 0 Å². The van der Waals surface area contributed by atoms with Gasteiger partial charge in [-0.25, -0.2) is 4.98 Å². The number of aromatic nitrogens is 2. The van der Waals surface area contributed by atoms with E-state index in [9.17, 15) is 4.79 Å². The summed E-state index contributed by atoms with van der Waals surface area (Å²) in [6, 6.07) is 5.01. The number of nitrogens with two attached hydrogens (primary N) is 1. The summed E-state index contributed by atoms with van der Waals surface area (Å²) in [6.07, 6.45) is 0.553. The molecule has 78 valence electrons. The second kappa shape index (κ2) is 4.00. The Bertz CT molecular complexity index is 550. The molecule has 15 heavy (non-hydrogen) atoms. The fourth-order valence-corrected chi connectivity index (χ4v) is 1.58. The maximum absolute atomic E-state index is 11.6. The summed E-state index contributed by atoms with van der Waals surface area (Å²) < 4.78 is 0. The number of rotatable bonds is 2. The lowest BCUT2D eigenvalue weighted by Gasteiger charge is -2.01. The molecule has 2 rings (SSSR count). The standard InChI is InChI=1S/C10H10ClN3O/c11-6-1-2-7-8(5-6)13-9(3-4-12)14-10(7)15/h1-2,5H,3-4,12H2,(H,13,14,15). The van der Waals surface area contributed by atoms with E-state index in [1.54, 1.807) is 18.2 Å². The molecule has 0 aliphatic carbocycles. The molecule has 0 amide bonds. The van der Waals surface area contributed by atoms with Crippen LogP contribution in [-0.2, 0) is 6.42 Å². The highest BCUT2D eigenvalue weighted by Crippen LogP contribution is 2.14. The number of H-pyrrole nitrogens is 1. The summed E-state index contributed by atoms with van der Waals surface area (Å²) in [4.78, 5) is 18.6. The lowest BCUT2D eigenvalue weighted by molar-refractivity contribution is 0.870. The Morgan fingerprint density at radius 2 is 2.27 bits per heavy atom. The molecule has 0 unspecified atom stereocenters. The summed E-state index contributed by atoms with van der Waals surface area (Å²) in [6.45, 7) is 0.453. The third-order valence-electron chi connectivity index (χ3n) is 2.10. The summed E-state index contributed by atoms with van der Waals surface area (Å²) in [5, 5.41) is 1.11. The van der Waals surface area contributed by atoms with E-state index >= 15 is 0 Å². The van der Waals surface area contributed by atoms with Crippen LogP contribution in [0.1, 0.15) is 5.82 Å². The van der Waals surface area contributed by atoms with E-state index in [4.69, 9.17) is 17.3 Å². The highest BCUT2D eigenvalue weighted by atomic mass is 35.5. The first-order chi connectivity index (χ1) is 7.20. The van der Waals surface area contributed by atoms with Crippen LogP contribution in [0.2, 0.25) is 5.02 Å². The van der Waals surface area contributed by atoms with Crippen molar-refractivity contribution < 1.29 is 0 Å². The van der Waals surface area contributed by atoms with Crippen LogP contribution >= 0.6 is 11.6 Å². The average molecular weight is 224 g/mol. The van der Waals surface area contributed by atoms with Crippen molar-refractivity contribution in [3.8, 4) is 0 Å². The zero-order chi connectivity index (χ0) is 10.8. The molecule has 0 fully saturated rings. The highest BCUT2D eigenvalue weighted by molar-refractivity contribution is 6.31. The molecule has 4 nitrogen and oxygen atoms in total. The van der Waals surface area contributed by atoms with Gasteiger partial charge in [0.2, 0.25) is 0 Å². The smallest absolute Gasteiger partial charge is 0.258 e. The quantitative estimate of drug-likeness (QED) is 0.800. The van der Waals surface area contributed by atoms with Crippen LogP contribution in [0.15, 0.2) is 23.0 Å². The average Bonchev–Trinajstić information content (AvgIpc) is 2.17. The van der Waals surface area contributed by atoms with Gasteiger partial charge >= 0.3 is 0 Å². The van der Waals surface area contributed by atoms with Gasteiger partial charge in [-0.1, -0.05) is 11.6 Å². The van der Waals surface area contributed by atoms with Crippen LogP contribution in [-0.4, -0.2) is 16.5 Å². The van der Waals surface area contributed by atoms with Crippen molar-refractivity contribution in [3.05, 3.63) is 39.4 Å². The van der Waals surface area contributed by atoms with Gasteiger partial charge in [0.05, 0.1) is 10.9 Å². The third-order valence-corrected chi connectivity index (χ3v) is 2.33. The molecular formula is C10H10ClN3O. The van der Waals surface area contributed by atoms with Crippen LogP contribution in [0.25, 0.3) is 10.9 Å². The molecule has 1 aromatic heterocycles. The first-order valence-electron chi connectivity index (χ1n) is 4.59. The van der Waals surface area contributed by atoms with E-state index in [2.05, 4.69) is 9.97 Å². The van der Waals surface area contributed by atoms with Gasteiger partial charge in [0.25, 0.3) is 5.56 Å². The van der Waals surface area contributed by atoms with E-state index in [0.29, 0.717) is 34.7 Å². The van der Waals surface area contributed by atoms with Crippen LogP contribution in [0.3, 0.4) is 0 Å². The number of hydrogen-bond donors (Lipinski definition) is 2. The van der Waals surface area contributed by atoms with Crippen molar-refractivity contribution in [2.45, 2.75) is 6.42 Å². The Morgan fingerprint density at radius 3 is 3.00 bits per heavy atom. The minimum absolute atomic E-state index is 0.153. The summed E-state index contributed by atoms with van der Waals surface area (Å²) in [7, 11) is 0. The highest BCUT2D eigenvalue weighted by Gasteiger charge is 2.03. The predicted molar refractivity (Wildman–Crippen MR) is 60.1 cm³/mol. The molecule has 0 aliphatic heterocycles. The number of halogens is 1. The number of hydrogen-bond acceptors (Lipinski definition) is 3. The van der Waals surface area contributed by atoms with Crippen molar-refractivity contribution in [2.75, 3.05) is 6.54 Å². The van der Waals surface area contributed by atoms with Crippen LogP contribution in [0, 0.1) is 0 Å². The normalized spacial score (nSPS) is 10.8. The van der Waals surface area contributed by atoms with Crippen molar-refractivity contribution in [2.24, 2.45) is 5.73 Å². The van der Waals surface area contributed by atoms with E-state index in [1.807, 2.05) is 0 Å². The van der Waals surface area contributed by atoms with Gasteiger partial charge in [-0.05, 0) is 24.7 Å². The Kier molecular flexibility index (Phi) is 2.70. The summed E-state index contributed by atoms with van der Waals surface area (Å²) >= 11 is 5.82. The van der Waals surface area contributed by atoms with E-state index in [0.717, 1.165) is 0 Å². The first kappa shape index (κ1) is 10.1.